The first kappa shape index (κ1) is 24.4. The number of nitrogens with zero attached hydrogens (tertiary/aromatic N) is 3. The molecule has 3 amide bonds. The van der Waals surface area contributed by atoms with E-state index in [4.69, 9.17) is 0 Å². The summed E-state index contributed by atoms with van der Waals surface area (Å²) < 4.78 is 15.2. The number of nitrogens with one attached hydrogen (secondary N) is 1. The highest BCUT2D eigenvalue weighted by molar-refractivity contribution is 6.05. The number of pyridine rings is 1. The molecule has 4 heterocycles. The maximum Gasteiger partial charge on any atom is 0.255 e. The third-order valence-electron chi connectivity index (χ3n) is 8.02. The van der Waals surface area contributed by atoms with Gasteiger partial charge < -0.3 is 4.90 Å². The van der Waals surface area contributed by atoms with Gasteiger partial charge in [-0.3, -0.25) is 29.6 Å². The number of rotatable bonds is 5. The second-order valence-corrected chi connectivity index (χ2v) is 10.4. The van der Waals surface area contributed by atoms with Crippen molar-refractivity contribution in [2.75, 3.05) is 13.1 Å². The number of halogens is 1. The van der Waals surface area contributed by atoms with Crippen molar-refractivity contribution in [3.05, 3.63) is 89.0 Å². The highest BCUT2D eigenvalue weighted by atomic mass is 19.1. The van der Waals surface area contributed by atoms with Crippen LogP contribution in [0, 0.1) is 5.82 Å². The number of piperidine rings is 2. The lowest BCUT2D eigenvalue weighted by Gasteiger charge is -2.32. The molecule has 38 heavy (non-hydrogen) atoms. The van der Waals surface area contributed by atoms with Crippen molar-refractivity contribution < 1.29 is 18.8 Å². The van der Waals surface area contributed by atoms with E-state index < -0.39 is 11.9 Å². The fourth-order valence-corrected chi connectivity index (χ4v) is 5.98. The van der Waals surface area contributed by atoms with Gasteiger partial charge in [-0.25, -0.2) is 4.39 Å². The van der Waals surface area contributed by atoms with E-state index in [0.29, 0.717) is 17.5 Å². The summed E-state index contributed by atoms with van der Waals surface area (Å²) in [5.41, 5.74) is 5.28. The Morgan fingerprint density at radius 2 is 1.74 bits per heavy atom. The largest absolute Gasteiger partial charge is 0.322 e. The molecule has 2 saturated heterocycles. The highest BCUT2D eigenvalue weighted by Gasteiger charge is 2.40. The number of likely N-dealkylation sites (tertiary alicyclic amines) is 1. The summed E-state index contributed by atoms with van der Waals surface area (Å²) in [6.45, 7) is 2.83. The molecule has 2 aromatic carbocycles. The molecule has 0 spiro atoms. The average molecular weight is 513 g/mol. The molecule has 6 rings (SSSR count). The topological polar surface area (TPSA) is 82.6 Å². The van der Waals surface area contributed by atoms with E-state index >= 15 is 4.39 Å². The molecule has 7 nitrogen and oxygen atoms in total. The van der Waals surface area contributed by atoms with E-state index in [1.165, 1.54) is 22.1 Å². The molecular formula is C30H29FN4O3. The number of benzene rings is 2. The standard InChI is InChI=1S/C30H29FN4O3/c31-26-16-25-23(18-35(30(25)38)27-4-5-28(36)33-29(27)37)15-24(26)21-8-12-34(13-9-21)17-19-2-1-3-22(14-19)20-6-10-32-11-7-20/h1-3,6-7,10-11,14-16,21,27H,4-5,8-9,12-13,17-18H2,(H,33,36,37). The molecule has 0 saturated carbocycles. The Bertz CT molecular complexity index is 1400. The summed E-state index contributed by atoms with van der Waals surface area (Å²) >= 11 is 0. The van der Waals surface area contributed by atoms with Crippen LogP contribution >= 0.6 is 0 Å². The van der Waals surface area contributed by atoms with Gasteiger partial charge in [0.05, 0.1) is 0 Å². The van der Waals surface area contributed by atoms with E-state index in [-0.39, 0.29) is 36.5 Å². The second-order valence-electron chi connectivity index (χ2n) is 10.4. The van der Waals surface area contributed by atoms with Crippen LogP contribution in [-0.2, 0) is 22.7 Å². The van der Waals surface area contributed by atoms with Crippen LogP contribution in [-0.4, -0.2) is 51.6 Å². The molecule has 3 aliphatic heterocycles. The third kappa shape index (κ3) is 4.72. The van der Waals surface area contributed by atoms with Crippen molar-refractivity contribution in [1.82, 2.24) is 20.1 Å². The van der Waals surface area contributed by atoms with Crippen molar-refractivity contribution in [3.8, 4) is 11.1 Å². The Balaban J connectivity index is 1.11. The molecule has 1 atom stereocenters. The lowest BCUT2D eigenvalue weighted by Crippen LogP contribution is -2.52. The van der Waals surface area contributed by atoms with Crippen molar-refractivity contribution in [1.29, 1.82) is 0 Å². The zero-order valence-electron chi connectivity index (χ0n) is 21.0. The van der Waals surface area contributed by atoms with Crippen LogP contribution in [0.1, 0.15) is 58.6 Å². The Kier molecular flexibility index (Phi) is 6.49. The summed E-state index contributed by atoms with van der Waals surface area (Å²) in [7, 11) is 0. The SMILES string of the molecule is O=C1CCC(N2Cc3cc(C4CCN(Cc5cccc(-c6ccncc6)c5)CC4)c(F)cc3C2=O)C(=O)N1. The van der Waals surface area contributed by atoms with Gasteiger partial charge in [-0.1, -0.05) is 24.3 Å². The van der Waals surface area contributed by atoms with Gasteiger partial charge in [-0.2, -0.15) is 0 Å². The van der Waals surface area contributed by atoms with Gasteiger partial charge in [0.15, 0.2) is 0 Å². The van der Waals surface area contributed by atoms with Gasteiger partial charge in [0.25, 0.3) is 5.91 Å². The quantitative estimate of drug-likeness (QED) is 0.522. The fourth-order valence-electron chi connectivity index (χ4n) is 5.98. The van der Waals surface area contributed by atoms with E-state index in [1.54, 1.807) is 12.4 Å². The van der Waals surface area contributed by atoms with Gasteiger partial charge in [0, 0.05) is 37.5 Å². The minimum Gasteiger partial charge on any atom is -0.322 e. The van der Waals surface area contributed by atoms with Crippen LogP contribution < -0.4 is 5.32 Å². The Labute approximate surface area is 220 Å². The van der Waals surface area contributed by atoms with E-state index in [9.17, 15) is 14.4 Å². The van der Waals surface area contributed by atoms with Crippen molar-refractivity contribution in [2.24, 2.45) is 0 Å². The first-order chi connectivity index (χ1) is 18.5. The third-order valence-corrected chi connectivity index (χ3v) is 8.02. The van der Waals surface area contributed by atoms with Crippen LogP contribution in [0.2, 0.25) is 0 Å². The molecule has 8 heteroatoms. The zero-order valence-corrected chi connectivity index (χ0v) is 21.0. The van der Waals surface area contributed by atoms with Crippen LogP contribution in [0.4, 0.5) is 4.39 Å². The number of amides is 3. The number of hydrogen-bond donors (Lipinski definition) is 1. The molecule has 1 unspecified atom stereocenters. The summed E-state index contributed by atoms with van der Waals surface area (Å²) in [4.78, 5) is 44.8. The molecular weight excluding hydrogens is 483 g/mol. The number of fused-ring (bicyclic) bond motifs is 1. The minimum absolute atomic E-state index is 0.0828. The average Bonchev–Trinajstić information content (AvgIpc) is 3.24. The van der Waals surface area contributed by atoms with E-state index in [2.05, 4.69) is 39.5 Å². The van der Waals surface area contributed by atoms with Gasteiger partial charge in [-0.05, 0) is 90.4 Å². The summed E-state index contributed by atoms with van der Waals surface area (Å²) in [5.74, 6) is -1.40. The fraction of sp³-hybridized carbons (Fsp3) is 0.333. The van der Waals surface area contributed by atoms with Gasteiger partial charge >= 0.3 is 0 Å². The van der Waals surface area contributed by atoms with Crippen LogP contribution in [0.5, 0.6) is 0 Å². The highest BCUT2D eigenvalue weighted by Crippen LogP contribution is 2.36. The maximum atomic E-state index is 15.2. The smallest absolute Gasteiger partial charge is 0.255 e. The summed E-state index contributed by atoms with van der Waals surface area (Å²) in [6.07, 6.45) is 5.77. The first-order valence-corrected chi connectivity index (χ1v) is 13.1. The summed E-state index contributed by atoms with van der Waals surface area (Å²) in [5, 5.41) is 2.31. The second kappa shape index (κ2) is 10.1. The monoisotopic (exact) mass is 512 g/mol. The minimum atomic E-state index is -0.695. The first-order valence-electron chi connectivity index (χ1n) is 13.1. The van der Waals surface area contributed by atoms with Crippen molar-refractivity contribution >= 4 is 17.7 Å². The molecule has 0 radical (unpaired) electrons. The molecule has 2 fully saturated rings. The van der Waals surface area contributed by atoms with Crippen LogP contribution in [0.25, 0.3) is 11.1 Å². The Morgan fingerprint density at radius 3 is 2.50 bits per heavy atom. The van der Waals surface area contributed by atoms with Crippen LogP contribution in [0.15, 0.2) is 60.9 Å². The number of imide groups is 1. The van der Waals surface area contributed by atoms with Crippen molar-refractivity contribution in [3.63, 3.8) is 0 Å². The number of aromatic nitrogens is 1. The lowest BCUT2D eigenvalue weighted by molar-refractivity contribution is -0.136. The molecule has 3 aliphatic rings. The maximum absolute atomic E-state index is 15.2. The molecule has 194 valence electrons. The van der Waals surface area contributed by atoms with Crippen LogP contribution in [0.3, 0.4) is 0 Å². The Hall–Kier alpha value is -3.91. The number of carbonyl (C=O) groups is 3. The predicted molar refractivity (Wildman–Crippen MR) is 139 cm³/mol. The molecule has 3 aromatic rings. The zero-order chi connectivity index (χ0) is 26.2. The number of hydrogen-bond acceptors (Lipinski definition) is 5. The normalized spacial score (nSPS) is 20.5. The van der Waals surface area contributed by atoms with E-state index in [1.807, 2.05) is 18.2 Å². The van der Waals surface area contributed by atoms with Gasteiger partial charge in [0.1, 0.15) is 11.9 Å². The lowest BCUT2D eigenvalue weighted by atomic mass is 9.87. The van der Waals surface area contributed by atoms with Gasteiger partial charge in [0.2, 0.25) is 11.8 Å². The van der Waals surface area contributed by atoms with Gasteiger partial charge in [-0.15, -0.1) is 0 Å². The molecule has 1 N–H and O–H groups in total. The predicted octanol–water partition coefficient (Wildman–Crippen LogP) is 4.03. The van der Waals surface area contributed by atoms with Crippen molar-refractivity contribution in [2.45, 2.75) is 50.7 Å². The molecule has 0 aliphatic carbocycles. The van der Waals surface area contributed by atoms with E-state index in [0.717, 1.165) is 43.6 Å². The molecule has 1 aromatic heterocycles. The summed E-state index contributed by atoms with van der Waals surface area (Å²) in [6, 6.07) is 15.0. The Morgan fingerprint density at radius 1 is 0.947 bits per heavy atom. The number of carbonyl (C=O) groups excluding carboxylic acids is 3. The molecule has 0 bridgehead atoms.